The molecule has 0 saturated heterocycles. The Morgan fingerprint density at radius 3 is 2.67 bits per heavy atom. The third-order valence-electron chi connectivity index (χ3n) is 2.41. The van der Waals surface area contributed by atoms with E-state index in [2.05, 4.69) is 17.2 Å². The molecule has 1 aromatic heterocycles. The van der Waals surface area contributed by atoms with E-state index in [9.17, 15) is 9.59 Å². The third kappa shape index (κ3) is 4.44. The van der Waals surface area contributed by atoms with Gasteiger partial charge in [0.2, 0.25) is 0 Å². The van der Waals surface area contributed by atoms with Gasteiger partial charge in [0, 0.05) is 24.7 Å². The van der Waals surface area contributed by atoms with Crippen molar-refractivity contribution < 1.29 is 9.59 Å². The van der Waals surface area contributed by atoms with Crippen LogP contribution in [-0.4, -0.2) is 34.8 Å². The Hall–Kier alpha value is -1.43. The van der Waals surface area contributed by atoms with E-state index in [0.717, 1.165) is 19.3 Å². The van der Waals surface area contributed by atoms with E-state index in [0.29, 0.717) is 18.2 Å². The molecule has 0 aliphatic rings. The molecule has 1 aromatic rings. The number of hydrogen-bond acceptors (Lipinski definition) is 4. The van der Waals surface area contributed by atoms with Gasteiger partial charge in [0.25, 0.3) is 0 Å². The molecule has 1 N–H and O–H groups in total. The molecule has 0 aliphatic carbocycles. The van der Waals surface area contributed by atoms with Crippen LogP contribution in [0.2, 0.25) is 0 Å². The maximum atomic E-state index is 12.0. The van der Waals surface area contributed by atoms with Crippen LogP contribution in [0.5, 0.6) is 0 Å². The maximum Gasteiger partial charge on any atom is 0.315 e. The van der Waals surface area contributed by atoms with Crippen molar-refractivity contribution in [3.63, 3.8) is 0 Å². The highest BCUT2D eigenvalue weighted by Gasteiger charge is 2.21. The highest BCUT2D eigenvalue weighted by Crippen LogP contribution is 2.10. The minimum absolute atomic E-state index is 0.459. The van der Waals surface area contributed by atoms with Gasteiger partial charge in [0.15, 0.2) is 5.13 Å². The van der Waals surface area contributed by atoms with Gasteiger partial charge in [-0.15, -0.1) is 11.3 Å². The quantitative estimate of drug-likeness (QED) is 0.805. The summed E-state index contributed by atoms with van der Waals surface area (Å²) in [5.74, 6) is -1.07. The molecule has 0 aliphatic heterocycles. The number of unbranched alkanes of at least 4 members (excludes halogenated alkanes) is 1. The second-order valence-electron chi connectivity index (χ2n) is 3.94. The largest absolute Gasteiger partial charge is 0.334 e. The zero-order valence-electron chi connectivity index (χ0n) is 10.8. The van der Waals surface area contributed by atoms with Crippen molar-refractivity contribution in [3.05, 3.63) is 11.6 Å². The van der Waals surface area contributed by atoms with E-state index in [-0.39, 0.29) is 0 Å². The van der Waals surface area contributed by atoms with Crippen molar-refractivity contribution in [1.82, 2.24) is 9.88 Å². The average Bonchev–Trinajstić information content (AvgIpc) is 2.86. The molecule has 1 heterocycles. The summed E-state index contributed by atoms with van der Waals surface area (Å²) in [7, 11) is 0. The van der Waals surface area contributed by atoms with E-state index in [1.165, 1.54) is 11.3 Å². The van der Waals surface area contributed by atoms with Crippen molar-refractivity contribution in [3.8, 4) is 0 Å². The molecule has 100 valence electrons. The maximum absolute atomic E-state index is 12.0. The molecule has 0 unspecified atom stereocenters. The number of nitrogens with zero attached hydrogens (tertiary/aromatic N) is 2. The topological polar surface area (TPSA) is 62.3 Å². The molecule has 6 heteroatoms. The number of carbonyl (C=O) groups is 2. The second kappa shape index (κ2) is 7.81. The fourth-order valence-electron chi connectivity index (χ4n) is 1.51. The first-order chi connectivity index (χ1) is 8.69. The fraction of sp³-hybridized carbons (Fsp3) is 0.583. The van der Waals surface area contributed by atoms with Crippen LogP contribution >= 0.6 is 11.3 Å². The van der Waals surface area contributed by atoms with E-state index in [1.807, 2.05) is 6.92 Å². The van der Waals surface area contributed by atoms with Gasteiger partial charge in [-0.05, 0) is 12.8 Å². The first-order valence-corrected chi connectivity index (χ1v) is 7.06. The summed E-state index contributed by atoms with van der Waals surface area (Å²) in [6.45, 7) is 5.30. The molecule has 1 rings (SSSR count). The van der Waals surface area contributed by atoms with E-state index in [4.69, 9.17) is 0 Å². The zero-order valence-corrected chi connectivity index (χ0v) is 11.6. The van der Waals surface area contributed by atoms with Gasteiger partial charge in [0.05, 0.1) is 0 Å². The number of anilines is 1. The van der Waals surface area contributed by atoms with Crippen LogP contribution in [0.1, 0.15) is 33.1 Å². The number of amides is 2. The summed E-state index contributed by atoms with van der Waals surface area (Å²) in [6, 6.07) is 0. The predicted octanol–water partition coefficient (Wildman–Crippen LogP) is 2.12. The molecule has 2 amide bonds. The van der Waals surface area contributed by atoms with Gasteiger partial charge in [-0.1, -0.05) is 20.3 Å². The number of hydrogen-bond donors (Lipinski definition) is 1. The summed E-state index contributed by atoms with van der Waals surface area (Å²) in [5, 5.41) is 4.72. The minimum Gasteiger partial charge on any atom is -0.334 e. The van der Waals surface area contributed by atoms with E-state index < -0.39 is 11.8 Å². The van der Waals surface area contributed by atoms with Gasteiger partial charge in [0.1, 0.15) is 0 Å². The summed E-state index contributed by atoms with van der Waals surface area (Å²) < 4.78 is 0. The summed E-state index contributed by atoms with van der Waals surface area (Å²) in [6.07, 6.45) is 4.35. The molecule has 0 fully saturated rings. The number of aromatic nitrogens is 1. The molecule has 18 heavy (non-hydrogen) atoms. The second-order valence-corrected chi connectivity index (χ2v) is 4.83. The summed E-state index contributed by atoms with van der Waals surface area (Å²) in [4.78, 5) is 29.2. The number of carbonyl (C=O) groups excluding carboxylic acids is 2. The van der Waals surface area contributed by atoms with Crippen molar-refractivity contribution in [2.45, 2.75) is 33.1 Å². The molecule has 0 spiro atoms. The van der Waals surface area contributed by atoms with Crippen LogP contribution in [0, 0.1) is 0 Å². The number of thiazole rings is 1. The Morgan fingerprint density at radius 1 is 1.33 bits per heavy atom. The molecular formula is C12H19N3O2S. The van der Waals surface area contributed by atoms with Crippen molar-refractivity contribution in [1.29, 1.82) is 0 Å². The lowest BCUT2D eigenvalue weighted by Crippen LogP contribution is -2.40. The molecule has 5 nitrogen and oxygen atoms in total. The zero-order chi connectivity index (χ0) is 13.4. The lowest BCUT2D eigenvalue weighted by molar-refractivity contribution is -0.143. The summed E-state index contributed by atoms with van der Waals surface area (Å²) >= 11 is 1.30. The van der Waals surface area contributed by atoms with Crippen molar-refractivity contribution >= 4 is 28.3 Å². The Balaban J connectivity index is 2.55. The highest BCUT2D eigenvalue weighted by atomic mass is 32.1. The third-order valence-corrected chi connectivity index (χ3v) is 3.10. The molecule has 0 aromatic carbocycles. The molecule has 0 atom stereocenters. The average molecular weight is 269 g/mol. The van der Waals surface area contributed by atoms with Crippen LogP contribution < -0.4 is 5.32 Å². The molecule has 0 saturated carbocycles. The van der Waals surface area contributed by atoms with E-state index in [1.54, 1.807) is 16.5 Å². The number of nitrogens with one attached hydrogen (secondary N) is 1. The highest BCUT2D eigenvalue weighted by molar-refractivity contribution is 7.13. The van der Waals surface area contributed by atoms with Crippen LogP contribution in [0.15, 0.2) is 11.6 Å². The number of rotatable bonds is 6. The van der Waals surface area contributed by atoms with Crippen molar-refractivity contribution in [2.24, 2.45) is 0 Å². The Labute approximate surface area is 111 Å². The first kappa shape index (κ1) is 14.6. The van der Waals surface area contributed by atoms with Crippen molar-refractivity contribution in [2.75, 3.05) is 18.4 Å². The first-order valence-electron chi connectivity index (χ1n) is 6.18. The smallest absolute Gasteiger partial charge is 0.315 e. The fourth-order valence-corrected chi connectivity index (χ4v) is 2.04. The van der Waals surface area contributed by atoms with Gasteiger partial charge in [-0.2, -0.15) is 0 Å². The lowest BCUT2D eigenvalue weighted by atomic mass is 10.3. The Kier molecular flexibility index (Phi) is 6.35. The minimum atomic E-state index is -0.602. The SMILES string of the molecule is CCCCN(CCC)C(=O)C(=O)Nc1nccs1. The predicted molar refractivity (Wildman–Crippen MR) is 72.5 cm³/mol. The lowest BCUT2D eigenvalue weighted by Gasteiger charge is -2.20. The van der Waals surface area contributed by atoms with Gasteiger partial charge < -0.3 is 4.90 Å². The molecular weight excluding hydrogens is 250 g/mol. The standard InChI is InChI=1S/C12H19N3O2S/c1-3-5-8-15(7-4-2)11(17)10(16)14-12-13-6-9-18-12/h6,9H,3-5,7-8H2,1-2H3,(H,13,14,16). The monoisotopic (exact) mass is 269 g/mol. The molecule has 0 bridgehead atoms. The van der Waals surface area contributed by atoms with Gasteiger partial charge in [-0.25, -0.2) is 4.98 Å². The Bertz CT molecular complexity index is 379. The van der Waals surface area contributed by atoms with Crippen LogP contribution in [0.25, 0.3) is 0 Å². The van der Waals surface area contributed by atoms with Crippen LogP contribution in [0.4, 0.5) is 5.13 Å². The Morgan fingerprint density at radius 2 is 2.11 bits per heavy atom. The summed E-state index contributed by atoms with van der Waals surface area (Å²) in [5.41, 5.74) is 0. The normalized spacial score (nSPS) is 10.1. The van der Waals surface area contributed by atoms with Gasteiger partial charge in [-0.3, -0.25) is 14.9 Å². The van der Waals surface area contributed by atoms with Crippen LogP contribution in [0.3, 0.4) is 0 Å². The van der Waals surface area contributed by atoms with Crippen LogP contribution in [-0.2, 0) is 9.59 Å². The van der Waals surface area contributed by atoms with E-state index >= 15 is 0 Å². The molecule has 0 radical (unpaired) electrons. The van der Waals surface area contributed by atoms with Gasteiger partial charge >= 0.3 is 11.8 Å².